The van der Waals surface area contributed by atoms with Gasteiger partial charge in [0.25, 0.3) is 5.91 Å². The third kappa shape index (κ3) is 6.82. The first-order chi connectivity index (χ1) is 15.0. The quantitative estimate of drug-likeness (QED) is 0.550. The van der Waals surface area contributed by atoms with E-state index in [1.165, 1.54) is 0 Å². The maximum Gasteiger partial charge on any atom is 0.326 e. The molecule has 2 N–H and O–H groups in total. The highest BCUT2D eigenvalue weighted by atomic mass is 16.5. The molecular formula is C25H24N2O4. The summed E-state index contributed by atoms with van der Waals surface area (Å²) in [7, 11) is 0. The van der Waals surface area contributed by atoms with Crippen molar-refractivity contribution in [3.8, 4) is 0 Å². The molecule has 0 bridgehead atoms. The molecule has 0 aliphatic carbocycles. The van der Waals surface area contributed by atoms with E-state index in [1.54, 1.807) is 36.4 Å². The summed E-state index contributed by atoms with van der Waals surface area (Å²) in [6.45, 7) is 1.62. The molecule has 0 unspecified atom stereocenters. The molecule has 0 aliphatic heterocycles. The zero-order valence-electron chi connectivity index (χ0n) is 17.2. The van der Waals surface area contributed by atoms with Crippen LogP contribution in [-0.2, 0) is 25.5 Å². The first-order valence-corrected chi connectivity index (χ1v) is 9.94. The molecule has 31 heavy (non-hydrogen) atoms. The summed E-state index contributed by atoms with van der Waals surface area (Å²) in [5.41, 5.74) is 3.04. The number of rotatable bonds is 8. The summed E-state index contributed by atoms with van der Waals surface area (Å²) in [5.74, 6) is -1.48. The molecule has 6 nitrogen and oxygen atoms in total. The molecule has 6 heteroatoms. The van der Waals surface area contributed by atoms with Gasteiger partial charge in [0.1, 0.15) is 6.54 Å². The van der Waals surface area contributed by atoms with Crippen molar-refractivity contribution in [2.45, 2.75) is 19.4 Å². The average Bonchev–Trinajstić information content (AvgIpc) is 2.79. The number of aryl methyl sites for hydroxylation is 1. The van der Waals surface area contributed by atoms with Gasteiger partial charge in [-0.1, -0.05) is 78.4 Å². The maximum absolute atomic E-state index is 12.8. The Bertz CT molecular complexity index is 1020. The molecule has 1 atom stereocenters. The van der Waals surface area contributed by atoms with Crippen molar-refractivity contribution in [1.82, 2.24) is 5.32 Å². The summed E-state index contributed by atoms with van der Waals surface area (Å²) in [5, 5.41) is 5.30. The number of anilines is 1. The van der Waals surface area contributed by atoms with Crippen LogP contribution in [-0.4, -0.2) is 24.3 Å². The highest BCUT2D eigenvalue weighted by Gasteiger charge is 2.25. The first-order valence-electron chi connectivity index (χ1n) is 9.94. The molecule has 0 radical (unpaired) electrons. The fourth-order valence-corrected chi connectivity index (χ4v) is 2.93. The van der Waals surface area contributed by atoms with Crippen LogP contribution in [0.4, 0.5) is 5.69 Å². The van der Waals surface area contributed by atoms with Crippen LogP contribution >= 0.6 is 0 Å². The topological polar surface area (TPSA) is 84.5 Å². The molecule has 0 saturated heterocycles. The molecule has 3 aromatic carbocycles. The largest absolute Gasteiger partial charge is 0.446 e. The summed E-state index contributed by atoms with van der Waals surface area (Å²) < 4.78 is 5.43. The molecule has 0 aliphatic rings. The van der Waals surface area contributed by atoms with Crippen LogP contribution in [0, 0.1) is 6.92 Å². The Balaban J connectivity index is 1.61. The zero-order chi connectivity index (χ0) is 22.1. The van der Waals surface area contributed by atoms with Gasteiger partial charge in [0.15, 0.2) is 0 Å². The number of hydrogen-bond donors (Lipinski definition) is 2. The average molecular weight is 416 g/mol. The van der Waals surface area contributed by atoms with E-state index in [-0.39, 0.29) is 18.9 Å². The molecule has 2 amide bonds. The Kier molecular flexibility index (Phi) is 7.54. The van der Waals surface area contributed by atoms with Gasteiger partial charge in [0.05, 0.1) is 6.42 Å². The number of carbonyl (C=O) groups is 3. The lowest BCUT2D eigenvalue weighted by atomic mass is 10.1. The van der Waals surface area contributed by atoms with Crippen LogP contribution in [0.1, 0.15) is 22.8 Å². The van der Waals surface area contributed by atoms with Crippen molar-refractivity contribution in [3.05, 3.63) is 102 Å². The molecule has 0 heterocycles. The van der Waals surface area contributed by atoms with E-state index >= 15 is 0 Å². The van der Waals surface area contributed by atoms with Gasteiger partial charge in [-0.3, -0.25) is 14.4 Å². The van der Waals surface area contributed by atoms with Crippen molar-refractivity contribution < 1.29 is 19.1 Å². The number of ether oxygens (including phenoxy) is 1. The second-order valence-electron chi connectivity index (χ2n) is 7.07. The monoisotopic (exact) mass is 416 g/mol. The lowest BCUT2D eigenvalue weighted by Gasteiger charge is -2.18. The number of esters is 1. The Morgan fingerprint density at radius 2 is 1.45 bits per heavy atom. The van der Waals surface area contributed by atoms with E-state index in [4.69, 9.17) is 4.74 Å². The predicted octanol–water partition coefficient (Wildman–Crippen LogP) is 3.58. The van der Waals surface area contributed by atoms with Crippen LogP contribution in [0.5, 0.6) is 0 Å². The van der Waals surface area contributed by atoms with Gasteiger partial charge in [-0.25, -0.2) is 0 Å². The fourth-order valence-electron chi connectivity index (χ4n) is 2.93. The Labute approximate surface area is 181 Å². The molecule has 0 aromatic heterocycles. The van der Waals surface area contributed by atoms with E-state index in [2.05, 4.69) is 10.6 Å². The summed E-state index contributed by atoms with van der Waals surface area (Å²) in [4.78, 5) is 37.3. The normalized spacial score (nSPS) is 11.3. The van der Waals surface area contributed by atoms with Gasteiger partial charge < -0.3 is 15.4 Å². The minimum atomic E-state index is -1.14. The van der Waals surface area contributed by atoms with Crippen molar-refractivity contribution >= 4 is 23.5 Å². The molecule has 3 rings (SSSR count). The number of hydrogen-bond acceptors (Lipinski definition) is 4. The van der Waals surface area contributed by atoms with E-state index in [0.717, 1.165) is 11.1 Å². The number of benzene rings is 3. The van der Waals surface area contributed by atoms with E-state index in [0.29, 0.717) is 11.3 Å². The molecule has 3 aromatic rings. The minimum absolute atomic E-state index is 0.157. The zero-order valence-corrected chi connectivity index (χ0v) is 17.2. The Morgan fingerprint density at radius 1 is 0.839 bits per heavy atom. The SMILES string of the molecule is Cc1ccc(NC(=O)[C@@H](OC(=O)CNC(=O)Cc2ccccc2)c2ccccc2)cc1. The first kappa shape index (κ1) is 21.8. The molecule has 0 saturated carbocycles. The fraction of sp³-hybridized carbons (Fsp3) is 0.160. The van der Waals surface area contributed by atoms with Gasteiger partial charge in [0.2, 0.25) is 12.0 Å². The van der Waals surface area contributed by atoms with Crippen LogP contribution in [0.15, 0.2) is 84.9 Å². The van der Waals surface area contributed by atoms with Gasteiger partial charge in [0, 0.05) is 11.3 Å². The van der Waals surface area contributed by atoms with Crippen molar-refractivity contribution in [3.63, 3.8) is 0 Å². The third-order valence-corrected chi connectivity index (χ3v) is 4.55. The van der Waals surface area contributed by atoms with Gasteiger partial charge >= 0.3 is 5.97 Å². The highest BCUT2D eigenvalue weighted by molar-refractivity contribution is 5.96. The predicted molar refractivity (Wildman–Crippen MR) is 118 cm³/mol. The summed E-state index contributed by atoms with van der Waals surface area (Å²) in [6, 6.07) is 25.3. The van der Waals surface area contributed by atoms with E-state index in [9.17, 15) is 14.4 Å². The highest BCUT2D eigenvalue weighted by Crippen LogP contribution is 2.20. The van der Waals surface area contributed by atoms with Crippen molar-refractivity contribution in [1.29, 1.82) is 0 Å². The number of amides is 2. The smallest absolute Gasteiger partial charge is 0.326 e. The molecular weight excluding hydrogens is 392 g/mol. The third-order valence-electron chi connectivity index (χ3n) is 4.55. The standard InChI is InChI=1S/C25H24N2O4/c1-18-12-14-21(15-13-18)27-25(30)24(20-10-6-3-7-11-20)31-23(29)17-26-22(28)16-19-8-4-2-5-9-19/h2-15,24H,16-17H2,1H3,(H,26,28)(H,27,30)/t24-/m0/s1. The van der Waals surface area contributed by atoms with Crippen molar-refractivity contribution in [2.75, 3.05) is 11.9 Å². The van der Waals surface area contributed by atoms with Crippen molar-refractivity contribution in [2.24, 2.45) is 0 Å². The van der Waals surface area contributed by atoms with E-state index in [1.807, 2.05) is 55.5 Å². The van der Waals surface area contributed by atoms with Gasteiger partial charge in [-0.05, 0) is 24.6 Å². The number of carbonyl (C=O) groups excluding carboxylic acids is 3. The van der Waals surface area contributed by atoms with Gasteiger partial charge in [-0.15, -0.1) is 0 Å². The second kappa shape index (κ2) is 10.7. The summed E-state index contributed by atoms with van der Waals surface area (Å²) in [6.07, 6.45) is -0.981. The molecule has 158 valence electrons. The van der Waals surface area contributed by atoms with Crippen LogP contribution < -0.4 is 10.6 Å². The lowest BCUT2D eigenvalue weighted by Crippen LogP contribution is -2.34. The minimum Gasteiger partial charge on any atom is -0.446 e. The lowest BCUT2D eigenvalue weighted by molar-refractivity contribution is -0.154. The second-order valence-corrected chi connectivity index (χ2v) is 7.07. The van der Waals surface area contributed by atoms with Crippen LogP contribution in [0.2, 0.25) is 0 Å². The Morgan fingerprint density at radius 3 is 2.10 bits per heavy atom. The molecule has 0 fully saturated rings. The molecule has 0 spiro atoms. The summed E-state index contributed by atoms with van der Waals surface area (Å²) >= 11 is 0. The maximum atomic E-state index is 12.8. The van der Waals surface area contributed by atoms with Crippen LogP contribution in [0.25, 0.3) is 0 Å². The Hall–Kier alpha value is -3.93. The number of nitrogens with one attached hydrogen (secondary N) is 2. The van der Waals surface area contributed by atoms with E-state index < -0.39 is 18.0 Å². The van der Waals surface area contributed by atoms with Crippen LogP contribution in [0.3, 0.4) is 0 Å². The van der Waals surface area contributed by atoms with Gasteiger partial charge in [-0.2, -0.15) is 0 Å².